The summed E-state index contributed by atoms with van der Waals surface area (Å²) in [7, 11) is 3.13. The van der Waals surface area contributed by atoms with Crippen LogP contribution in [0.2, 0.25) is 0 Å². The lowest BCUT2D eigenvalue weighted by Crippen LogP contribution is -2.02. The minimum Gasteiger partial charge on any atom is -0.510 e. The summed E-state index contributed by atoms with van der Waals surface area (Å²) in [6.45, 7) is 0. The van der Waals surface area contributed by atoms with Crippen LogP contribution in [0.3, 0.4) is 0 Å². The molecule has 37 heavy (non-hydrogen) atoms. The van der Waals surface area contributed by atoms with Crippen molar-refractivity contribution >= 4 is 28.7 Å². The van der Waals surface area contributed by atoms with Crippen molar-refractivity contribution in [3.8, 4) is 40.2 Å². The SMILES string of the molecule is COc1ccc(-c2csc(C(C#N)=C(O)CSc3nnc(-c4ccccc4F)n3C3CC3)n2)cc1OC. The first kappa shape index (κ1) is 24.8. The summed E-state index contributed by atoms with van der Waals surface area (Å²) in [5.41, 5.74) is 1.93. The lowest BCUT2D eigenvalue weighted by Gasteiger charge is -2.09. The summed E-state index contributed by atoms with van der Waals surface area (Å²) in [6.07, 6.45) is 1.91. The predicted molar refractivity (Wildman–Crippen MR) is 140 cm³/mol. The van der Waals surface area contributed by atoms with Crippen LogP contribution in [0.4, 0.5) is 4.39 Å². The molecule has 1 aliphatic rings. The van der Waals surface area contributed by atoms with Gasteiger partial charge in [-0.15, -0.1) is 21.5 Å². The summed E-state index contributed by atoms with van der Waals surface area (Å²) in [5, 5.41) is 31.9. The maximum Gasteiger partial charge on any atom is 0.192 e. The van der Waals surface area contributed by atoms with Gasteiger partial charge in [-0.2, -0.15) is 5.26 Å². The van der Waals surface area contributed by atoms with Gasteiger partial charge in [-0.05, 0) is 43.2 Å². The molecule has 1 saturated carbocycles. The van der Waals surface area contributed by atoms with E-state index in [0.717, 1.165) is 18.4 Å². The maximum atomic E-state index is 14.4. The van der Waals surface area contributed by atoms with Gasteiger partial charge in [0.05, 0.1) is 31.2 Å². The molecule has 0 spiro atoms. The lowest BCUT2D eigenvalue weighted by atomic mass is 10.1. The molecule has 4 aromatic rings. The Hall–Kier alpha value is -3.88. The Kier molecular flexibility index (Phi) is 7.12. The second-order valence-electron chi connectivity index (χ2n) is 8.22. The van der Waals surface area contributed by atoms with Gasteiger partial charge in [0, 0.05) is 17.0 Å². The highest BCUT2D eigenvalue weighted by Crippen LogP contribution is 2.42. The van der Waals surface area contributed by atoms with Crippen molar-refractivity contribution in [3.05, 3.63) is 64.4 Å². The van der Waals surface area contributed by atoms with Gasteiger partial charge in [-0.3, -0.25) is 4.57 Å². The van der Waals surface area contributed by atoms with Gasteiger partial charge in [-0.25, -0.2) is 9.37 Å². The number of aliphatic hydroxyl groups is 1. The number of hydrogen-bond donors (Lipinski definition) is 1. The molecule has 1 N–H and O–H groups in total. The second kappa shape index (κ2) is 10.6. The summed E-state index contributed by atoms with van der Waals surface area (Å²) in [6, 6.07) is 14.2. The van der Waals surface area contributed by atoms with Gasteiger partial charge in [0.1, 0.15) is 28.2 Å². The fourth-order valence-corrected chi connectivity index (χ4v) is 5.55. The molecule has 1 aliphatic carbocycles. The molecule has 5 rings (SSSR count). The number of aliphatic hydroxyl groups excluding tert-OH is 1. The average molecular weight is 536 g/mol. The van der Waals surface area contributed by atoms with Gasteiger partial charge in [0.15, 0.2) is 22.5 Å². The number of nitrogens with zero attached hydrogens (tertiary/aromatic N) is 5. The Bertz CT molecular complexity index is 1520. The topological polar surface area (TPSA) is 106 Å². The Morgan fingerprint density at radius 3 is 2.68 bits per heavy atom. The largest absolute Gasteiger partial charge is 0.510 e. The number of nitriles is 1. The standard InChI is InChI=1S/C26H22FN5O3S2/c1-34-22-10-7-15(11-23(22)35-2)20-13-36-25(29-20)18(12-28)21(33)14-37-26-31-30-24(32(26)16-8-9-16)17-5-3-4-6-19(17)27/h3-7,10-11,13,16,33H,8-9,14H2,1-2H3. The van der Waals surface area contributed by atoms with Crippen LogP contribution in [0.5, 0.6) is 11.5 Å². The highest BCUT2D eigenvalue weighted by Gasteiger charge is 2.31. The van der Waals surface area contributed by atoms with E-state index in [4.69, 9.17) is 9.47 Å². The monoisotopic (exact) mass is 535 g/mol. The highest BCUT2D eigenvalue weighted by atomic mass is 32.2. The van der Waals surface area contributed by atoms with E-state index >= 15 is 0 Å². The zero-order valence-corrected chi connectivity index (χ0v) is 21.6. The smallest absolute Gasteiger partial charge is 0.192 e. The van der Waals surface area contributed by atoms with Gasteiger partial charge < -0.3 is 14.6 Å². The van der Waals surface area contributed by atoms with E-state index < -0.39 is 0 Å². The third kappa shape index (κ3) is 5.03. The molecule has 11 heteroatoms. The Morgan fingerprint density at radius 2 is 1.97 bits per heavy atom. The zero-order chi connectivity index (χ0) is 25.9. The van der Waals surface area contributed by atoms with Crippen LogP contribution in [0.15, 0.2) is 58.8 Å². The Labute approximate surface area is 221 Å². The summed E-state index contributed by atoms with van der Waals surface area (Å²) < 4.78 is 27.0. The molecule has 0 bridgehead atoms. The number of methoxy groups -OCH3 is 2. The van der Waals surface area contributed by atoms with E-state index in [2.05, 4.69) is 21.3 Å². The van der Waals surface area contributed by atoms with Crippen LogP contribution in [-0.2, 0) is 0 Å². The lowest BCUT2D eigenvalue weighted by molar-refractivity contribution is 0.355. The van der Waals surface area contributed by atoms with Crippen LogP contribution in [0, 0.1) is 17.1 Å². The third-order valence-corrected chi connectivity index (χ3v) is 7.64. The predicted octanol–water partition coefficient (Wildman–Crippen LogP) is 6.14. The Morgan fingerprint density at radius 1 is 1.19 bits per heavy atom. The molecule has 2 heterocycles. The number of aromatic nitrogens is 4. The van der Waals surface area contributed by atoms with Crippen LogP contribution in [-0.4, -0.2) is 44.8 Å². The van der Waals surface area contributed by atoms with Crippen molar-refractivity contribution in [3.63, 3.8) is 0 Å². The molecule has 0 radical (unpaired) electrons. The highest BCUT2D eigenvalue weighted by molar-refractivity contribution is 7.99. The molecule has 2 aromatic heterocycles. The molecular weight excluding hydrogens is 513 g/mol. The quantitative estimate of drug-likeness (QED) is 0.155. The number of halogens is 1. The Balaban J connectivity index is 1.38. The molecule has 0 unspecified atom stereocenters. The summed E-state index contributed by atoms with van der Waals surface area (Å²) >= 11 is 2.51. The van der Waals surface area contributed by atoms with E-state index in [9.17, 15) is 14.8 Å². The maximum absolute atomic E-state index is 14.4. The molecular formula is C26H22FN5O3S2. The summed E-state index contributed by atoms with van der Waals surface area (Å²) in [4.78, 5) is 4.57. The van der Waals surface area contributed by atoms with Crippen molar-refractivity contribution in [2.24, 2.45) is 0 Å². The third-order valence-electron chi connectivity index (χ3n) is 5.83. The average Bonchev–Trinajstić information content (AvgIpc) is 3.49. The van der Waals surface area contributed by atoms with E-state index in [1.54, 1.807) is 44.6 Å². The first-order valence-electron chi connectivity index (χ1n) is 11.4. The first-order chi connectivity index (χ1) is 18.0. The number of allylic oxidation sites excluding steroid dienone is 1. The van der Waals surface area contributed by atoms with Crippen molar-refractivity contribution < 1.29 is 19.0 Å². The molecule has 0 aliphatic heterocycles. The molecule has 8 nitrogen and oxygen atoms in total. The van der Waals surface area contributed by atoms with Crippen molar-refractivity contribution in [1.82, 2.24) is 19.7 Å². The molecule has 0 atom stereocenters. The van der Waals surface area contributed by atoms with Crippen LogP contribution in [0.1, 0.15) is 23.9 Å². The first-order valence-corrected chi connectivity index (χ1v) is 13.2. The van der Waals surface area contributed by atoms with Crippen molar-refractivity contribution in [2.75, 3.05) is 20.0 Å². The minimum absolute atomic E-state index is 0.0935. The minimum atomic E-state index is -0.364. The van der Waals surface area contributed by atoms with E-state index in [1.807, 2.05) is 16.0 Å². The zero-order valence-electron chi connectivity index (χ0n) is 20.0. The number of thioether (sulfide) groups is 1. The molecule has 188 valence electrons. The van der Waals surface area contributed by atoms with Gasteiger partial charge >= 0.3 is 0 Å². The van der Waals surface area contributed by atoms with Gasteiger partial charge in [0.25, 0.3) is 0 Å². The van der Waals surface area contributed by atoms with Gasteiger partial charge in [-0.1, -0.05) is 23.9 Å². The van der Waals surface area contributed by atoms with E-state index in [-0.39, 0.29) is 28.9 Å². The number of ether oxygens (including phenoxy) is 2. The second-order valence-corrected chi connectivity index (χ2v) is 10.0. The fourth-order valence-electron chi connectivity index (χ4n) is 3.82. The van der Waals surface area contributed by atoms with Crippen molar-refractivity contribution in [1.29, 1.82) is 5.26 Å². The number of rotatable bonds is 9. The number of thiazole rings is 1. The van der Waals surface area contributed by atoms with Crippen molar-refractivity contribution in [2.45, 2.75) is 24.0 Å². The van der Waals surface area contributed by atoms with E-state index in [0.29, 0.717) is 38.7 Å². The van der Waals surface area contributed by atoms with Crippen LogP contribution in [0.25, 0.3) is 28.2 Å². The fraction of sp³-hybridized carbons (Fsp3) is 0.231. The number of benzene rings is 2. The van der Waals surface area contributed by atoms with Crippen LogP contribution >= 0.6 is 23.1 Å². The molecule has 0 amide bonds. The number of hydrogen-bond acceptors (Lipinski definition) is 9. The summed E-state index contributed by atoms with van der Waals surface area (Å²) in [5.74, 6) is 1.25. The molecule has 2 aromatic carbocycles. The van der Waals surface area contributed by atoms with Crippen LogP contribution < -0.4 is 9.47 Å². The van der Waals surface area contributed by atoms with Gasteiger partial charge in [0.2, 0.25) is 0 Å². The molecule has 0 saturated heterocycles. The molecule has 1 fully saturated rings. The normalized spacial score (nSPS) is 13.7. The van der Waals surface area contributed by atoms with E-state index in [1.165, 1.54) is 29.2 Å².